The van der Waals surface area contributed by atoms with Crippen molar-refractivity contribution in [3.05, 3.63) is 23.3 Å². The van der Waals surface area contributed by atoms with Crippen molar-refractivity contribution < 1.29 is 9.53 Å². The van der Waals surface area contributed by atoms with E-state index in [4.69, 9.17) is 4.74 Å². The van der Waals surface area contributed by atoms with Gasteiger partial charge in [-0.15, -0.1) is 0 Å². The fourth-order valence-corrected chi connectivity index (χ4v) is 3.78. The first kappa shape index (κ1) is 15.9. The third kappa shape index (κ3) is 2.78. The minimum atomic E-state index is -0.0641. The molecule has 2 fully saturated rings. The monoisotopic (exact) mass is 365 g/mol. The molecular formula is C18H24BrNO2. The van der Waals surface area contributed by atoms with Crippen LogP contribution in [0, 0.1) is 11.8 Å². The summed E-state index contributed by atoms with van der Waals surface area (Å²) in [4.78, 5) is 14.6. The second-order valence-electron chi connectivity index (χ2n) is 7.54. The zero-order valence-corrected chi connectivity index (χ0v) is 15.4. The number of ether oxygens (including phenoxy) is 1. The van der Waals surface area contributed by atoms with Gasteiger partial charge in [0.05, 0.1) is 18.1 Å². The number of piperidine rings is 1. The van der Waals surface area contributed by atoms with Gasteiger partial charge in [-0.1, -0.05) is 36.7 Å². The molecule has 1 aliphatic carbocycles. The molecule has 0 unspecified atom stereocenters. The summed E-state index contributed by atoms with van der Waals surface area (Å²) in [6.07, 6.45) is 1.37. The number of carbonyl (C=O) groups is 1. The molecule has 0 N–H and O–H groups in total. The number of anilines is 1. The molecule has 4 heteroatoms. The van der Waals surface area contributed by atoms with Crippen LogP contribution in [0.3, 0.4) is 0 Å². The van der Waals surface area contributed by atoms with E-state index in [0.717, 1.165) is 47.5 Å². The molecule has 120 valence electrons. The van der Waals surface area contributed by atoms with Gasteiger partial charge in [0, 0.05) is 24.2 Å². The van der Waals surface area contributed by atoms with Gasteiger partial charge in [-0.2, -0.15) is 0 Å². The summed E-state index contributed by atoms with van der Waals surface area (Å²) in [7, 11) is 1.73. The maximum absolute atomic E-state index is 12.2. The first-order chi connectivity index (χ1) is 10.3. The highest BCUT2D eigenvalue weighted by atomic mass is 79.9. The van der Waals surface area contributed by atoms with E-state index in [1.807, 2.05) is 12.1 Å². The summed E-state index contributed by atoms with van der Waals surface area (Å²) < 4.78 is 5.77. The Kier molecular flexibility index (Phi) is 4.00. The molecule has 1 aliphatic heterocycles. The number of nitrogens with zero attached hydrogens (tertiary/aromatic N) is 1. The highest BCUT2D eigenvalue weighted by Gasteiger charge is 2.46. The molecule has 0 spiro atoms. The molecule has 22 heavy (non-hydrogen) atoms. The summed E-state index contributed by atoms with van der Waals surface area (Å²) in [6, 6.07) is 4.02. The van der Waals surface area contributed by atoms with Crippen molar-refractivity contribution in [2.45, 2.75) is 32.6 Å². The van der Waals surface area contributed by atoms with Crippen molar-refractivity contribution in [1.82, 2.24) is 0 Å². The molecule has 0 radical (unpaired) electrons. The number of halogens is 1. The Labute approximate surface area is 141 Å². The molecule has 1 saturated heterocycles. The molecule has 0 amide bonds. The number of hydrogen-bond donors (Lipinski definition) is 0. The Hall–Kier alpha value is -1.03. The third-order valence-electron chi connectivity index (χ3n) is 4.84. The van der Waals surface area contributed by atoms with Crippen molar-refractivity contribution in [3.8, 4) is 5.75 Å². The maximum Gasteiger partial charge on any atom is 0.173 e. The second kappa shape index (κ2) is 5.55. The summed E-state index contributed by atoms with van der Waals surface area (Å²) >= 11 is 3.29. The van der Waals surface area contributed by atoms with Crippen LogP contribution in [0.25, 0.3) is 0 Å². The predicted molar refractivity (Wildman–Crippen MR) is 93.6 cm³/mol. The second-order valence-corrected chi connectivity index (χ2v) is 8.10. The van der Waals surface area contributed by atoms with E-state index in [0.29, 0.717) is 5.33 Å². The number of rotatable bonds is 4. The van der Waals surface area contributed by atoms with Gasteiger partial charge in [0.2, 0.25) is 0 Å². The predicted octanol–water partition coefficient (Wildman–Crippen LogP) is 4.03. The Morgan fingerprint density at radius 1 is 1.32 bits per heavy atom. The van der Waals surface area contributed by atoms with Crippen LogP contribution >= 0.6 is 15.9 Å². The Morgan fingerprint density at radius 2 is 1.95 bits per heavy atom. The Balaban J connectivity index is 2.10. The summed E-state index contributed by atoms with van der Waals surface area (Å²) in [5.74, 6) is 2.75. The van der Waals surface area contributed by atoms with Crippen molar-refractivity contribution >= 4 is 27.4 Å². The zero-order chi connectivity index (χ0) is 16.1. The van der Waals surface area contributed by atoms with E-state index < -0.39 is 0 Å². The van der Waals surface area contributed by atoms with E-state index >= 15 is 0 Å². The normalized spacial score (nSPS) is 23.4. The van der Waals surface area contributed by atoms with Gasteiger partial charge >= 0.3 is 0 Å². The Morgan fingerprint density at radius 3 is 2.45 bits per heavy atom. The molecule has 1 heterocycles. The van der Waals surface area contributed by atoms with Crippen molar-refractivity contribution in [2.75, 3.05) is 30.4 Å². The number of fused-ring (bicyclic) bond motifs is 1. The molecule has 3 nitrogen and oxygen atoms in total. The van der Waals surface area contributed by atoms with Crippen LogP contribution in [-0.4, -0.2) is 31.3 Å². The number of benzene rings is 1. The minimum absolute atomic E-state index is 0.0641. The van der Waals surface area contributed by atoms with E-state index in [-0.39, 0.29) is 11.2 Å². The highest BCUT2D eigenvalue weighted by molar-refractivity contribution is 9.09. The quantitative estimate of drug-likeness (QED) is 0.595. The van der Waals surface area contributed by atoms with Gasteiger partial charge < -0.3 is 9.64 Å². The number of Topliss-reactive ketones (excluding diaryl/α,β-unsaturated/α-hetero) is 1. The lowest BCUT2D eigenvalue weighted by Crippen LogP contribution is -2.25. The lowest BCUT2D eigenvalue weighted by Gasteiger charge is -2.29. The first-order valence-electron chi connectivity index (χ1n) is 7.91. The summed E-state index contributed by atoms with van der Waals surface area (Å²) in [5.41, 5.74) is 2.91. The fraction of sp³-hybridized carbons (Fsp3) is 0.611. The molecule has 0 aromatic heterocycles. The largest absolute Gasteiger partial charge is 0.494 e. The molecule has 2 atom stereocenters. The topological polar surface area (TPSA) is 29.5 Å². The molecule has 1 aromatic rings. The maximum atomic E-state index is 12.2. The lowest BCUT2D eigenvalue weighted by molar-refractivity contribution is 0.102. The highest BCUT2D eigenvalue weighted by Crippen LogP contribution is 2.49. The first-order valence-corrected chi connectivity index (χ1v) is 9.04. The van der Waals surface area contributed by atoms with Crippen molar-refractivity contribution in [1.29, 1.82) is 0 Å². The summed E-state index contributed by atoms with van der Waals surface area (Å²) in [5, 5.41) is 0.355. The van der Waals surface area contributed by atoms with Crippen LogP contribution in [0.4, 0.5) is 5.69 Å². The van der Waals surface area contributed by atoms with Gasteiger partial charge in [0.15, 0.2) is 5.78 Å². The van der Waals surface area contributed by atoms with Gasteiger partial charge in [0.1, 0.15) is 5.75 Å². The zero-order valence-electron chi connectivity index (χ0n) is 13.8. The van der Waals surface area contributed by atoms with Crippen LogP contribution in [0.2, 0.25) is 0 Å². The standard InChI is InChI=1S/C18H24BrNO2/c1-18(2,3)14-6-11(16(21)8-19)7-15(17(14)22-4)20-9-12-5-13(12)10-20/h6-7,12-13H,5,8-10H2,1-4H3/t12-,13+. The minimum Gasteiger partial charge on any atom is -0.494 e. The number of ketones is 1. The van der Waals surface area contributed by atoms with Gasteiger partial charge in [0.25, 0.3) is 0 Å². The lowest BCUT2D eigenvalue weighted by atomic mass is 9.84. The van der Waals surface area contributed by atoms with Crippen molar-refractivity contribution in [2.24, 2.45) is 11.8 Å². The molecular weight excluding hydrogens is 342 g/mol. The SMILES string of the molecule is COc1c(N2C[C@H]3C[C@H]3C2)cc(C(=O)CBr)cc1C(C)(C)C. The van der Waals surface area contributed by atoms with Gasteiger partial charge in [-0.3, -0.25) is 4.79 Å². The van der Waals surface area contributed by atoms with Crippen LogP contribution < -0.4 is 9.64 Å². The van der Waals surface area contributed by atoms with E-state index in [2.05, 4.69) is 41.6 Å². The third-order valence-corrected chi connectivity index (χ3v) is 5.35. The van der Waals surface area contributed by atoms with Crippen molar-refractivity contribution in [3.63, 3.8) is 0 Å². The van der Waals surface area contributed by atoms with Gasteiger partial charge in [-0.25, -0.2) is 0 Å². The fourth-order valence-electron chi connectivity index (χ4n) is 3.45. The van der Waals surface area contributed by atoms with E-state index in [9.17, 15) is 4.79 Å². The molecule has 3 rings (SSSR count). The van der Waals surface area contributed by atoms with Crippen LogP contribution in [0.1, 0.15) is 43.1 Å². The van der Waals surface area contributed by atoms with Crippen LogP contribution in [0.15, 0.2) is 12.1 Å². The van der Waals surface area contributed by atoms with Crippen LogP contribution in [0.5, 0.6) is 5.75 Å². The van der Waals surface area contributed by atoms with E-state index in [1.165, 1.54) is 6.42 Å². The molecule has 0 bridgehead atoms. The average molecular weight is 366 g/mol. The van der Waals surface area contributed by atoms with Crippen LogP contribution in [-0.2, 0) is 5.41 Å². The number of hydrogen-bond acceptors (Lipinski definition) is 3. The van der Waals surface area contributed by atoms with E-state index in [1.54, 1.807) is 7.11 Å². The average Bonchev–Trinajstić information content (AvgIpc) is 3.10. The molecule has 1 aromatic carbocycles. The smallest absolute Gasteiger partial charge is 0.173 e. The Bertz CT molecular complexity index is 596. The number of alkyl halides is 1. The number of methoxy groups -OCH3 is 1. The number of carbonyl (C=O) groups excluding carboxylic acids is 1. The van der Waals surface area contributed by atoms with Gasteiger partial charge in [-0.05, 0) is 35.8 Å². The molecule has 2 aliphatic rings. The summed E-state index contributed by atoms with van der Waals surface area (Å²) in [6.45, 7) is 8.68. The molecule has 1 saturated carbocycles.